The van der Waals surface area contributed by atoms with Crippen LogP contribution < -0.4 is 5.32 Å². The van der Waals surface area contributed by atoms with Gasteiger partial charge < -0.3 is 10.4 Å². The number of carbonyl (C=O) groups excluding carboxylic acids is 1. The Balaban J connectivity index is 2.18. The lowest BCUT2D eigenvalue weighted by Crippen LogP contribution is -2.47. The molecule has 108 valence electrons. The average Bonchev–Trinajstić information content (AvgIpc) is 2.74. The van der Waals surface area contributed by atoms with E-state index in [9.17, 15) is 9.59 Å². The molecule has 20 heavy (non-hydrogen) atoms. The number of rotatable bonds is 4. The van der Waals surface area contributed by atoms with E-state index in [-0.39, 0.29) is 17.5 Å². The highest BCUT2D eigenvalue weighted by molar-refractivity contribution is 6.29. The molecule has 0 unspecified atom stereocenters. The summed E-state index contributed by atoms with van der Waals surface area (Å²) < 4.78 is 0. The minimum atomic E-state index is -0.892. The first kappa shape index (κ1) is 14.8. The predicted octanol–water partition coefficient (Wildman–Crippen LogP) is 2.56. The molecule has 0 bridgehead atoms. The van der Waals surface area contributed by atoms with Gasteiger partial charge in [0.05, 0.1) is 12.0 Å². The van der Waals surface area contributed by atoms with Crippen LogP contribution in [0.3, 0.4) is 0 Å². The van der Waals surface area contributed by atoms with Gasteiger partial charge in [-0.15, -0.1) is 0 Å². The second-order valence-corrected chi connectivity index (χ2v) is 5.72. The monoisotopic (exact) mass is 296 g/mol. The predicted molar refractivity (Wildman–Crippen MR) is 74.9 cm³/mol. The van der Waals surface area contributed by atoms with Crippen LogP contribution in [0.25, 0.3) is 0 Å². The Kier molecular flexibility index (Phi) is 4.28. The van der Waals surface area contributed by atoms with Crippen LogP contribution >= 0.6 is 11.6 Å². The fourth-order valence-electron chi connectivity index (χ4n) is 2.76. The van der Waals surface area contributed by atoms with E-state index in [1.54, 1.807) is 13.0 Å². The second-order valence-electron chi connectivity index (χ2n) is 5.33. The molecule has 1 aromatic rings. The Hall–Kier alpha value is -1.62. The van der Waals surface area contributed by atoms with Crippen LogP contribution in [0.15, 0.2) is 12.1 Å². The standard InChI is InChI=1S/C14H17ClN2O3/c1-9-6-10(7-11(15)16-9)13(20)17-14(8-12(18)19)4-2-3-5-14/h6-7H,2-5,8H2,1H3,(H,17,20)(H,18,19). The Labute approximate surface area is 122 Å². The first-order valence-electron chi connectivity index (χ1n) is 6.59. The number of carboxylic acids is 1. The summed E-state index contributed by atoms with van der Waals surface area (Å²) in [6.07, 6.45) is 3.22. The molecule has 0 radical (unpaired) electrons. The van der Waals surface area contributed by atoms with Gasteiger partial charge in [0.1, 0.15) is 5.15 Å². The molecule has 1 aromatic heterocycles. The van der Waals surface area contributed by atoms with E-state index in [1.165, 1.54) is 6.07 Å². The van der Waals surface area contributed by atoms with Crippen molar-refractivity contribution in [3.63, 3.8) is 0 Å². The molecule has 2 N–H and O–H groups in total. The molecule has 0 aliphatic heterocycles. The number of hydrogen-bond acceptors (Lipinski definition) is 3. The number of aryl methyl sites for hydroxylation is 1. The van der Waals surface area contributed by atoms with Gasteiger partial charge in [-0.05, 0) is 31.9 Å². The van der Waals surface area contributed by atoms with Gasteiger partial charge in [0.25, 0.3) is 5.91 Å². The molecule has 1 fully saturated rings. The molecule has 6 heteroatoms. The molecule has 0 atom stereocenters. The van der Waals surface area contributed by atoms with Gasteiger partial charge in [-0.1, -0.05) is 24.4 Å². The number of carbonyl (C=O) groups is 2. The highest BCUT2D eigenvalue weighted by Gasteiger charge is 2.37. The second kappa shape index (κ2) is 5.79. The fraction of sp³-hybridized carbons (Fsp3) is 0.500. The van der Waals surface area contributed by atoms with Gasteiger partial charge in [-0.3, -0.25) is 9.59 Å². The summed E-state index contributed by atoms with van der Waals surface area (Å²) >= 11 is 5.84. The average molecular weight is 297 g/mol. The Morgan fingerprint density at radius 2 is 2.05 bits per heavy atom. The largest absolute Gasteiger partial charge is 0.481 e. The number of pyridine rings is 1. The highest BCUT2D eigenvalue weighted by atomic mass is 35.5. The molecule has 1 aliphatic rings. The number of hydrogen-bond donors (Lipinski definition) is 2. The third-order valence-corrected chi connectivity index (χ3v) is 3.81. The summed E-state index contributed by atoms with van der Waals surface area (Å²) in [5.74, 6) is -1.18. The van der Waals surface area contributed by atoms with Gasteiger partial charge in [0, 0.05) is 11.3 Å². The zero-order chi connectivity index (χ0) is 14.8. The first-order valence-corrected chi connectivity index (χ1v) is 6.96. The SMILES string of the molecule is Cc1cc(C(=O)NC2(CC(=O)O)CCCC2)cc(Cl)n1. The van der Waals surface area contributed by atoms with E-state index in [4.69, 9.17) is 16.7 Å². The molecule has 1 amide bonds. The summed E-state index contributed by atoms with van der Waals surface area (Å²) in [5.41, 5.74) is 0.438. The summed E-state index contributed by atoms with van der Waals surface area (Å²) in [7, 11) is 0. The van der Waals surface area contributed by atoms with E-state index in [0.717, 1.165) is 12.8 Å². The quantitative estimate of drug-likeness (QED) is 0.837. The van der Waals surface area contributed by atoms with Crippen molar-refractivity contribution in [1.82, 2.24) is 10.3 Å². The molecular weight excluding hydrogens is 280 g/mol. The van der Waals surface area contributed by atoms with Crippen molar-refractivity contribution in [3.05, 3.63) is 28.5 Å². The fourth-order valence-corrected chi connectivity index (χ4v) is 3.01. The van der Waals surface area contributed by atoms with Crippen LogP contribution in [0, 0.1) is 6.92 Å². The lowest BCUT2D eigenvalue weighted by atomic mass is 9.92. The number of aromatic nitrogens is 1. The molecule has 1 saturated carbocycles. The van der Waals surface area contributed by atoms with E-state index in [2.05, 4.69) is 10.3 Å². The molecule has 1 aliphatic carbocycles. The third kappa shape index (κ3) is 3.48. The first-order chi connectivity index (χ1) is 9.40. The minimum Gasteiger partial charge on any atom is -0.481 e. The topological polar surface area (TPSA) is 79.3 Å². The molecule has 5 nitrogen and oxygen atoms in total. The van der Waals surface area contributed by atoms with Gasteiger partial charge in [0.2, 0.25) is 0 Å². The number of aliphatic carboxylic acids is 1. The summed E-state index contributed by atoms with van der Waals surface area (Å²) in [5, 5.41) is 12.2. The zero-order valence-corrected chi connectivity index (χ0v) is 12.0. The lowest BCUT2D eigenvalue weighted by Gasteiger charge is -2.28. The van der Waals surface area contributed by atoms with Gasteiger partial charge >= 0.3 is 5.97 Å². The number of carboxylic acid groups (broad SMARTS) is 1. The molecule has 0 aromatic carbocycles. The van der Waals surface area contributed by atoms with Crippen molar-refractivity contribution in [2.24, 2.45) is 0 Å². The number of nitrogens with one attached hydrogen (secondary N) is 1. The zero-order valence-electron chi connectivity index (χ0n) is 11.3. The Bertz CT molecular complexity index is 519. The molecular formula is C14H17ClN2O3. The molecule has 0 saturated heterocycles. The maximum Gasteiger partial charge on any atom is 0.305 e. The van der Waals surface area contributed by atoms with Crippen molar-refractivity contribution in [1.29, 1.82) is 0 Å². The van der Waals surface area contributed by atoms with Crippen molar-refractivity contribution >= 4 is 23.5 Å². The van der Waals surface area contributed by atoms with Crippen LogP contribution in [-0.4, -0.2) is 27.5 Å². The summed E-state index contributed by atoms with van der Waals surface area (Å²) in [6.45, 7) is 1.76. The van der Waals surface area contributed by atoms with E-state index >= 15 is 0 Å². The maximum atomic E-state index is 12.3. The maximum absolute atomic E-state index is 12.3. The van der Waals surface area contributed by atoms with Crippen molar-refractivity contribution in [3.8, 4) is 0 Å². The smallest absolute Gasteiger partial charge is 0.305 e. The van der Waals surface area contributed by atoms with E-state index in [0.29, 0.717) is 24.1 Å². The minimum absolute atomic E-state index is 0.0451. The number of nitrogens with zero attached hydrogens (tertiary/aromatic N) is 1. The summed E-state index contributed by atoms with van der Waals surface area (Å²) in [4.78, 5) is 27.3. The molecule has 2 rings (SSSR count). The lowest BCUT2D eigenvalue weighted by molar-refractivity contribution is -0.138. The van der Waals surface area contributed by atoms with Crippen molar-refractivity contribution < 1.29 is 14.7 Å². The highest BCUT2D eigenvalue weighted by Crippen LogP contribution is 2.33. The van der Waals surface area contributed by atoms with Crippen molar-refractivity contribution in [2.75, 3.05) is 0 Å². The van der Waals surface area contributed by atoms with Gasteiger partial charge in [0.15, 0.2) is 0 Å². The normalized spacial score (nSPS) is 16.9. The molecule has 0 spiro atoms. The Morgan fingerprint density at radius 3 is 2.60 bits per heavy atom. The van der Waals surface area contributed by atoms with Gasteiger partial charge in [-0.2, -0.15) is 0 Å². The van der Waals surface area contributed by atoms with Crippen molar-refractivity contribution in [2.45, 2.75) is 44.6 Å². The van der Waals surface area contributed by atoms with Gasteiger partial charge in [-0.25, -0.2) is 4.98 Å². The Morgan fingerprint density at radius 1 is 1.40 bits per heavy atom. The van der Waals surface area contributed by atoms with Crippen LogP contribution in [0.4, 0.5) is 0 Å². The molecule has 1 heterocycles. The van der Waals surface area contributed by atoms with Crippen LogP contribution in [0.2, 0.25) is 5.15 Å². The van der Waals surface area contributed by atoms with E-state index < -0.39 is 11.5 Å². The van der Waals surface area contributed by atoms with Crippen LogP contribution in [0.5, 0.6) is 0 Å². The number of amides is 1. The third-order valence-electron chi connectivity index (χ3n) is 3.61. The summed E-state index contributed by atoms with van der Waals surface area (Å²) in [6, 6.07) is 3.14. The van der Waals surface area contributed by atoms with Crippen LogP contribution in [0.1, 0.15) is 48.2 Å². The van der Waals surface area contributed by atoms with Crippen LogP contribution in [-0.2, 0) is 4.79 Å². The van der Waals surface area contributed by atoms with E-state index in [1.807, 2.05) is 0 Å². The number of halogens is 1.